The molecular formula is C21H44O4. The van der Waals surface area contributed by atoms with Crippen molar-refractivity contribution in [2.24, 2.45) is 29.6 Å². The predicted molar refractivity (Wildman–Crippen MR) is 104 cm³/mol. The highest BCUT2D eigenvalue weighted by atomic mass is 16.6. The van der Waals surface area contributed by atoms with Gasteiger partial charge >= 0.3 is 0 Å². The van der Waals surface area contributed by atoms with Gasteiger partial charge in [0.15, 0.2) is 6.29 Å². The van der Waals surface area contributed by atoms with Crippen LogP contribution in [0.5, 0.6) is 0 Å². The third-order valence-corrected chi connectivity index (χ3v) is 5.57. The van der Waals surface area contributed by atoms with Crippen LogP contribution in [0.25, 0.3) is 0 Å². The molecular weight excluding hydrogens is 316 g/mol. The van der Waals surface area contributed by atoms with Crippen molar-refractivity contribution in [3.05, 3.63) is 0 Å². The zero-order valence-electron chi connectivity index (χ0n) is 17.8. The standard InChI is InChI=1S/C21H44O4/c1-9-18(22)17(8)19(10-2)25-21(24)16(7)12-15(6)20(23)14(5)11-13(3)4/h13-24H,9-12H2,1-8H3/t14-,15-,16?,17?,18-,19?,20?,21?/m1/s1. The number of rotatable bonds is 13. The summed E-state index contributed by atoms with van der Waals surface area (Å²) < 4.78 is 5.87. The first kappa shape index (κ1) is 24.8. The van der Waals surface area contributed by atoms with Crippen LogP contribution in [0.15, 0.2) is 0 Å². The summed E-state index contributed by atoms with van der Waals surface area (Å²) in [6.45, 7) is 16.4. The van der Waals surface area contributed by atoms with Crippen molar-refractivity contribution in [2.75, 3.05) is 0 Å². The molecule has 0 rings (SSSR count). The van der Waals surface area contributed by atoms with Crippen molar-refractivity contribution >= 4 is 0 Å². The molecule has 0 saturated carbocycles. The van der Waals surface area contributed by atoms with Crippen molar-refractivity contribution in [3.8, 4) is 0 Å². The lowest BCUT2D eigenvalue weighted by Gasteiger charge is -2.33. The van der Waals surface area contributed by atoms with Gasteiger partial charge in [0.1, 0.15) is 0 Å². The van der Waals surface area contributed by atoms with E-state index >= 15 is 0 Å². The van der Waals surface area contributed by atoms with E-state index in [1.807, 2.05) is 34.6 Å². The van der Waals surface area contributed by atoms with Gasteiger partial charge in [0.05, 0.1) is 18.3 Å². The van der Waals surface area contributed by atoms with Crippen molar-refractivity contribution in [3.63, 3.8) is 0 Å². The van der Waals surface area contributed by atoms with E-state index in [-0.39, 0.29) is 35.9 Å². The van der Waals surface area contributed by atoms with Crippen LogP contribution in [0.3, 0.4) is 0 Å². The summed E-state index contributed by atoms with van der Waals surface area (Å²) in [5, 5.41) is 31.0. The molecule has 0 amide bonds. The summed E-state index contributed by atoms with van der Waals surface area (Å²) in [5.74, 6) is 0.867. The number of hydrogen-bond donors (Lipinski definition) is 3. The number of ether oxygens (including phenoxy) is 1. The van der Waals surface area contributed by atoms with Crippen molar-refractivity contribution in [1.29, 1.82) is 0 Å². The molecule has 8 atom stereocenters. The average molecular weight is 361 g/mol. The molecule has 0 aromatic rings. The Morgan fingerprint density at radius 1 is 0.720 bits per heavy atom. The highest BCUT2D eigenvalue weighted by Gasteiger charge is 2.29. The van der Waals surface area contributed by atoms with Crippen LogP contribution in [0.1, 0.15) is 81.1 Å². The van der Waals surface area contributed by atoms with Crippen LogP contribution >= 0.6 is 0 Å². The third kappa shape index (κ3) is 8.85. The molecule has 0 aliphatic carbocycles. The third-order valence-electron chi connectivity index (χ3n) is 5.57. The van der Waals surface area contributed by atoms with E-state index in [9.17, 15) is 15.3 Å². The Kier molecular flexibility index (Phi) is 12.2. The zero-order chi connectivity index (χ0) is 19.7. The smallest absolute Gasteiger partial charge is 0.157 e. The Balaban J connectivity index is 4.59. The Hall–Kier alpha value is -0.160. The van der Waals surface area contributed by atoms with Gasteiger partial charge in [0.2, 0.25) is 0 Å². The monoisotopic (exact) mass is 360 g/mol. The van der Waals surface area contributed by atoms with E-state index in [1.54, 1.807) is 0 Å². The Labute approximate surface area is 156 Å². The fourth-order valence-corrected chi connectivity index (χ4v) is 3.81. The average Bonchev–Trinajstić information content (AvgIpc) is 2.56. The number of hydrogen-bond acceptors (Lipinski definition) is 4. The maximum atomic E-state index is 10.5. The molecule has 0 heterocycles. The maximum Gasteiger partial charge on any atom is 0.157 e. The van der Waals surface area contributed by atoms with Gasteiger partial charge in [-0.05, 0) is 43.4 Å². The van der Waals surface area contributed by atoms with Gasteiger partial charge in [-0.25, -0.2) is 0 Å². The molecule has 0 fully saturated rings. The zero-order valence-corrected chi connectivity index (χ0v) is 17.8. The summed E-state index contributed by atoms with van der Waals surface area (Å²) in [7, 11) is 0. The molecule has 5 unspecified atom stereocenters. The second-order valence-corrected chi connectivity index (χ2v) is 8.60. The minimum Gasteiger partial charge on any atom is -0.393 e. The van der Waals surface area contributed by atoms with Crippen molar-refractivity contribution in [1.82, 2.24) is 0 Å². The van der Waals surface area contributed by atoms with Crippen LogP contribution < -0.4 is 0 Å². The van der Waals surface area contributed by atoms with E-state index in [2.05, 4.69) is 20.8 Å². The first-order chi connectivity index (χ1) is 11.5. The van der Waals surface area contributed by atoms with E-state index in [0.717, 1.165) is 12.8 Å². The van der Waals surface area contributed by atoms with Crippen LogP contribution in [0, 0.1) is 29.6 Å². The fraction of sp³-hybridized carbons (Fsp3) is 1.00. The minimum absolute atomic E-state index is 0.00840. The molecule has 0 saturated heterocycles. The Bertz CT molecular complexity index is 334. The molecule has 0 aromatic heterocycles. The second kappa shape index (κ2) is 12.3. The topological polar surface area (TPSA) is 69.9 Å². The predicted octanol–water partition coefficient (Wildman–Crippen LogP) is 4.21. The molecule has 0 aliphatic rings. The SMILES string of the molecule is CCC(OC(O)C(C)C[C@@H](C)C(O)[C@H](C)CC(C)C)C(C)[C@H](O)CC. The summed E-state index contributed by atoms with van der Waals surface area (Å²) in [6, 6.07) is 0. The van der Waals surface area contributed by atoms with Gasteiger partial charge in [0.25, 0.3) is 0 Å². The van der Waals surface area contributed by atoms with Gasteiger partial charge in [-0.2, -0.15) is 0 Å². The lowest BCUT2D eigenvalue weighted by Crippen LogP contribution is -2.37. The van der Waals surface area contributed by atoms with Gasteiger partial charge in [-0.1, -0.05) is 55.4 Å². The number of aliphatic hydroxyl groups excluding tert-OH is 3. The van der Waals surface area contributed by atoms with Gasteiger partial charge in [0, 0.05) is 11.8 Å². The lowest BCUT2D eigenvalue weighted by atomic mass is 9.83. The highest BCUT2D eigenvalue weighted by Crippen LogP contribution is 2.28. The molecule has 4 heteroatoms. The minimum atomic E-state index is -0.869. The molecule has 0 spiro atoms. The van der Waals surface area contributed by atoms with E-state index in [1.165, 1.54) is 0 Å². The molecule has 0 aromatic carbocycles. The molecule has 0 bridgehead atoms. The summed E-state index contributed by atoms with van der Waals surface area (Å²) in [6.07, 6.45) is 1.36. The normalized spacial score (nSPS) is 22.1. The summed E-state index contributed by atoms with van der Waals surface area (Å²) in [5.41, 5.74) is 0. The van der Waals surface area contributed by atoms with Crippen LogP contribution in [0.4, 0.5) is 0 Å². The molecule has 3 N–H and O–H groups in total. The largest absolute Gasteiger partial charge is 0.393 e. The molecule has 0 aliphatic heterocycles. The van der Waals surface area contributed by atoms with Crippen molar-refractivity contribution in [2.45, 2.75) is 106 Å². The highest BCUT2D eigenvalue weighted by molar-refractivity contribution is 4.76. The van der Waals surface area contributed by atoms with E-state index in [4.69, 9.17) is 4.74 Å². The van der Waals surface area contributed by atoms with E-state index in [0.29, 0.717) is 18.8 Å². The second-order valence-electron chi connectivity index (χ2n) is 8.60. The van der Waals surface area contributed by atoms with Crippen molar-refractivity contribution < 1.29 is 20.1 Å². The summed E-state index contributed by atoms with van der Waals surface area (Å²) in [4.78, 5) is 0. The van der Waals surface area contributed by atoms with E-state index < -0.39 is 12.4 Å². The fourth-order valence-electron chi connectivity index (χ4n) is 3.81. The molecule has 0 radical (unpaired) electrons. The first-order valence-electron chi connectivity index (χ1n) is 10.2. The van der Waals surface area contributed by atoms with Crippen LogP contribution in [0.2, 0.25) is 0 Å². The molecule has 4 nitrogen and oxygen atoms in total. The lowest BCUT2D eigenvalue weighted by molar-refractivity contribution is -0.187. The van der Waals surface area contributed by atoms with Crippen LogP contribution in [-0.4, -0.2) is 39.9 Å². The molecule has 25 heavy (non-hydrogen) atoms. The van der Waals surface area contributed by atoms with Gasteiger partial charge < -0.3 is 20.1 Å². The summed E-state index contributed by atoms with van der Waals surface area (Å²) >= 11 is 0. The Morgan fingerprint density at radius 3 is 1.68 bits per heavy atom. The molecule has 152 valence electrons. The Morgan fingerprint density at radius 2 is 1.24 bits per heavy atom. The number of aliphatic hydroxyl groups is 3. The maximum absolute atomic E-state index is 10.5. The first-order valence-corrected chi connectivity index (χ1v) is 10.2. The van der Waals surface area contributed by atoms with Gasteiger partial charge in [-0.3, -0.25) is 0 Å². The van der Waals surface area contributed by atoms with Crippen LogP contribution in [-0.2, 0) is 4.74 Å². The quantitative estimate of drug-likeness (QED) is 0.430. The van der Waals surface area contributed by atoms with Gasteiger partial charge in [-0.15, -0.1) is 0 Å².